The van der Waals surface area contributed by atoms with Crippen molar-refractivity contribution in [2.45, 2.75) is 10.3 Å². The number of thioether (sulfide) groups is 1. The van der Waals surface area contributed by atoms with Crippen molar-refractivity contribution < 1.29 is 9.18 Å². The second kappa shape index (κ2) is 9.78. The Bertz CT molecular complexity index is 1240. The third kappa shape index (κ3) is 5.32. The van der Waals surface area contributed by atoms with Gasteiger partial charge in [0.15, 0.2) is 16.0 Å². The number of thiazole rings is 1. The molecule has 154 valence electrons. The summed E-state index contributed by atoms with van der Waals surface area (Å²) in [6, 6.07) is 17.7. The maximum Gasteiger partial charge on any atom is 0.210 e. The molecule has 1 unspecified atom stereocenters. The summed E-state index contributed by atoms with van der Waals surface area (Å²) in [5.41, 5.74) is 2.25. The highest BCUT2D eigenvalue weighted by molar-refractivity contribution is 8.01. The van der Waals surface area contributed by atoms with Crippen LogP contribution in [0.15, 0.2) is 64.3 Å². The first-order valence-corrected chi connectivity index (χ1v) is 11.7. The van der Waals surface area contributed by atoms with E-state index in [0.29, 0.717) is 20.2 Å². The number of hydrogen-bond donors (Lipinski definition) is 1. The zero-order valence-electron chi connectivity index (χ0n) is 15.9. The molecule has 0 fully saturated rings. The molecule has 0 aliphatic carbocycles. The van der Waals surface area contributed by atoms with Gasteiger partial charge in [-0.25, -0.2) is 9.37 Å². The van der Waals surface area contributed by atoms with Gasteiger partial charge in [0.1, 0.15) is 10.8 Å². The number of carbonyl (C=O) groups is 1. The van der Waals surface area contributed by atoms with Crippen LogP contribution in [-0.4, -0.2) is 26.7 Å². The first kappa shape index (κ1) is 21.1. The van der Waals surface area contributed by atoms with E-state index in [2.05, 4.69) is 26.6 Å². The number of rotatable bonds is 8. The quantitative estimate of drug-likeness (QED) is 0.342. The van der Waals surface area contributed by atoms with Crippen LogP contribution < -0.4 is 5.32 Å². The van der Waals surface area contributed by atoms with E-state index in [4.69, 9.17) is 0 Å². The number of anilines is 2. The Labute approximate surface area is 189 Å². The van der Waals surface area contributed by atoms with E-state index in [-0.39, 0.29) is 17.4 Å². The SMILES string of the molecule is N#CC(C(=O)CSc1nnc(Nc2cccc(F)c2)s1)c1nc(-c2ccccc2)cs1. The number of nitriles is 1. The number of hydrogen-bond acceptors (Lipinski definition) is 9. The van der Waals surface area contributed by atoms with E-state index >= 15 is 0 Å². The highest BCUT2D eigenvalue weighted by atomic mass is 32.2. The molecule has 4 rings (SSSR count). The van der Waals surface area contributed by atoms with Crippen LogP contribution in [0.3, 0.4) is 0 Å². The molecule has 0 aliphatic heterocycles. The van der Waals surface area contributed by atoms with Crippen molar-refractivity contribution in [3.05, 3.63) is 70.8 Å². The molecular formula is C21H14FN5OS3. The molecule has 0 aliphatic rings. The average Bonchev–Trinajstić information content (AvgIpc) is 3.44. The minimum Gasteiger partial charge on any atom is -0.330 e. The lowest BCUT2D eigenvalue weighted by Crippen LogP contribution is -2.13. The number of benzene rings is 2. The van der Waals surface area contributed by atoms with E-state index in [0.717, 1.165) is 11.3 Å². The van der Waals surface area contributed by atoms with Crippen LogP contribution in [0.25, 0.3) is 11.3 Å². The van der Waals surface area contributed by atoms with E-state index in [9.17, 15) is 14.4 Å². The van der Waals surface area contributed by atoms with Crippen LogP contribution >= 0.6 is 34.4 Å². The van der Waals surface area contributed by atoms with Gasteiger partial charge in [0.05, 0.1) is 17.5 Å². The molecule has 2 aromatic heterocycles. The fraction of sp³-hybridized carbons (Fsp3) is 0.0952. The summed E-state index contributed by atoms with van der Waals surface area (Å²) in [6.07, 6.45) is 0. The third-order valence-corrected chi connectivity index (χ3v) is 7.01. The minimum absolute atomic E-state index is 0.0765. The van der Waals surface area contributed by atoms with Crippen LogP contribution in [0.5, 0.6) is 0 Å². The van der Waals surface area contributed by atoms with Crippen molar-refractivity contribution in [3.8, 4) is 17.3 Å². The summed E-state index contributed by atoms with van der Waals surface area (Å²) in [7, 11) is 0. The Kier molecular flexibility index (Phi) is 6.66. The lowest BCUT2D eigenvalue weighted by Gasteiger charge is -2.03. The van der Waals surface area contributed by atoms with Crippen molar-refractivity contribution in [3.63, 3.8) is 0 Å². The summed E-state index contributed by atoms with van der Waals surface area (Å²) in [4.78, 5) is 17.1. The molecule has 1 atom stereocenters. The first-order valence-electron chi connectivity index (χ1n) is 9.04. The van der Waals surface area contributed by atoms with Crippen LogP contribution in [-0.2, 0) is 4.79 Å². The summed E-state index contributed by atoms with van der Waals surface area (Å²) in [5, 5.41) is 23.4. The molecule has 0 spiro atoms. The number of halogens is 1. The molecule has 6 nitrogen and oxygen atoms in total. The number of aromatic nitrogens is 3. The molecule has 4 aromatic rings. The van der Waals surface area contributed by atoms with Gasteiger partial charge in [0.2, 0.25) is 5.13 Å². The normalized spacial score (nSPS) is 11.6. The zero-order chi connectivity index (χ0) is 21.6. The summed E-state index contributed by atoms with van der Waals surface area (Å²) in [5.74, 6) is -1.44. The minimum atomic E-state index is -0.923. The molecule has 0 saturated heterocycles. The second-order valence-electron chi connectivity index (χ2n) is 6.26. The predicted octanol–water partition coefficient (Wildman–Crippen LogP) is 5.51. The van der Waals surface area contributed by atoms with Crippen LogP contribution in [0.1, 0.15) is 10.9 Å². The molecule has 0 saturated carbocycles. The molecule has 10 heteroatoms. The molecule has 31 heavy (non-hydrogen) atoms. The Morgan fingerprint density at radius 2 is 2.03 bits per heavy atom. The van der Waals surface area contributed by atoms with E-state index in [1.165, 1.54) is 46.6 Å². The number of carbonyl (C=O) groups excluding carboxylic acids is 1. The Hall–Kier alpha value is -3.13. The van der Waals surface area contributed by atoms with Gasteiger partial charge in [-0.1, -0.05) is 59.5 Å². The van der Waals surface area contributed by atoms with Crippen molar-refractivity contribution in [2.75, 3.05) is 11.1 Å². The monoisotopic (exact) mass is 467 g/mol. The molecule has 1 N–H and O–H groups in total. The van der Waals surface area contributed by atoms with Gasteiger partial charge in [-0.2, -0.15) is 5.26 Å². The predicted molar refractivity (Wildman–Crippen MR) is 121 cm³/mol. The fourth-order valence-electron chi connectivity index (χ4n) is 2.65. The van der Waals surface area contributed by atoms with Gasteiger partial charge in [0, 0.05) is 16.6 Å². The number of nitrogens with zero attached hydrogens (tertiary/aromatic N) is 4. The molecule has 0 amide bonds. The molecule has 0 bridgehead atoms. The van der Waals surface area contributed by atoms with E-state index in [1.54, 1.807) is 12.1 Å². The standard InChI is InChI=1S/C21H14FN5OS3/c22-14-7-4-8-15(9-14)24-20-26-27-21(31-20)30-12-18(28)16(10-23)19-25-17(11-29-19)13-5-2-1-3-6-13/h1-9,11,16H,12H2,(H,24,26). The first-order chi connectivity index (χ1) is 15.1. The van der Waals surface area contributed by atoms with Gasteiger partial charge in [-0.05, 0) is 18.2 Å². The van der Waals surface area contributed by atoms with Gasteiger partial charge >= 0.3 is 0 Å². The topological polar surface area (TPSA) is 91.6 Å². The second-order valence-corrected chi connectivity index (χ2v) is 9.35. The number of nitrogens with one attached hydrogen (secondary N) is 1. The van der Waals surface area contributed by atoms with E-state index in [1.807, 2.05) is 35.7 Å². The summed E-state index contributed by atoms with van der Waals surface area (Å²) < 4.78 is 13.9. The van der Waals surface area contributed by atoms with Crippen LogP contribution in [0, 0.1) is 17.1 Å². The van der Waals surface area contributed by atoms with Gasteiger partial charge in [-0.15, -0.1) is 21.5 Å². The Morgan fingerprint density at radius 3 is 2.81 bits per heavy atom. The molecule has 0 radical (unpaired) electrons. The van der Waals surface area contributed by atoms with Crippen molar-refractivity contribution in [1.82, 2.24) is 15.2 Å². The molecule has 2 aromatic carbocycles. The summed E-state index contributed by atoms with van der Waals surface area (Å²) in [6.45, 7) is 0. The van der Waals surface area contributed by atoms with Crippen LogP contribution in [0.2, 0.25) is 0 Å². The highest BCUT2D eigenvalue weighted by Crippen LogP contribution is 2.31. The van der Waals surface area contributed by atoms with Crippen molar-refractivity contribution in [1.29, 1.82) is 5.26 Å². The lowest BCUT2D eigenvalue weighted by molar-refractivity contribution is -0.116. The van der Waals surface area contributed by atoms with Gasteiger partial charge < -0.3 is 5.32 Å². The molecular weight excluding hydrogens is 453 g/mol. The summed E-state index contributed by atoms with van der Waals surface area (Å²) >= 11 is 3.77. The average molecular weight is 468 g/mol. The lowest BCUT2D eigenvalue weighted by atomic mass is 10.1. The van der Waals surface area contributed by atoms with Crippen LogP contribution in [0.4, 0.5) is 15.2 Å². The van der Waals surface area contributed by atoms with Crippen molar-refractivity contribution >= 4 is 51.0 Å². The highest BCUT2D eigenvalue weighted by Gasteiger charge is 2.24. The maximum absolute atomic E-state index is 13.3. The van der Waals surface area contributed by atoms with Crippen molar-refractivity contribution in [2.24, 2.45) is 0 Å². The third-order valence-electron chi connectivity index (χ3n) is 4.11. The maximum atomic E-state index is 13.3. The fourth-order valence-corrected chi connectivity index (χ4v) is 5.22. The Morgan fingerprint density at radius 1 is 1.19 bits per heavy atom. The van der Waals surface area contributed by atoms with Gasteiger partial charge in [-0.3, -0.25) is 4.79 Å². The Balaban J connectivity index is 1.37. The smallest absolute Gasteiger partial charge is 0.210 e. The molecule has 2 heterocycles. The number of ketones is 1. The van der Waals surface area contributed by atoms with Gasteiger partial charge in [0.25, 0.3) is 0 Å². The largest absolute Gasteiger partial charge is 0.330 e. The van der Waals surface area contributed by atoms with E-state index < -0.39 is 5.92 Å². The number of Topliss-reactive ketones (excluding diaryl/α,β-unsaturated/α-hetero) is 1. The zero-order valence-corrected chi connectivity index (χ0v) is 18.3.